The zero-order valence-electron chi connectivity index (χ0n) is 13.2. The van der Waals surface area contributed by atoms with Crippen LogP contribution in [-0.4, -0.2) is 0 Å². The summed E-state index contributed by atoms with van der Waals surface area (Å²) in [5.41, 5.74) is 8.26. The van der Waals surface area contributed by atoms with E-state index in [0.717, 1.165) is 41.7 Å². The summed E-state index contributed by atoms with van der Waals surface area (Å²) >= 11 is 0. The third kappa shape index (κ3) is 4.83. The molecule has 1 atom stereocenters. The van der Waals surface area contributed by atoms with Crippen molar-refractivity contribution < 1.29 is 13.2 Å². The minimum Gasteiger partial charge on any atom is -0.324 e. The van der Waals surface area contributed by atoms with Gasteiger partial charge in [-0.1, -0.05) is 62.6 Å². The molecule has 2 aromatic rings. The molecule has 0 heterocycles. The normalized spacial score (nSPS) is 13.1. The molecule has 124 valence electrons. The molecule has 2 N–H and O–H groups in total. The molecule has 0 aromatic heterocycles. The predicted octanol–water partition coefficient (Wildman–Crippen LogP) is 5.95. The van der Waals surface area contributed by atoms with Crippen LogP contribution in [-0.2, 0) is 6.18 Å². The van der Waals surface area contributed by atoms with Gasteiger partial charge >= 0.3 is 6.18 Å². The van der Waals surface area contributed by atoms with Crippen LogP contribution in [0.3, 0.4) is 0 Å². The molecule has 1 nitrogen and oxygen atoms in total. The molecule has 0 aliphatic heterocycles. The number of benzene rings is 2. The molecule has 2 aromatic carbocycles. The smallest absolute Gasteiger partial charge is 0.324 e. The second-order valence-corrected chi connectivity index (χ2v) is 5.80. The van der Waals surface area contributed by atoms with Crippen LogP contribution in [0.25, 0.3) is 11.1 Å². The monoisotopic (exact) mass is 321 g/mol. The lowest BCUT2D eigenvalue weighted by Gasteiger charge is -2.13. The van der Waals surface area contributed by atoms with Gasteiger partial charge < -0.3 is 5.73 Å². The number of alkyl halides is 3. The first-order valence-electron chi connectivity index (χ1n) is 7.95. The third-order valence-electron chi connectivity index (χ3n) is 4.00. The highest BCUT2D eigenvalue weighted by Crippen LogP contribution is 2.31. The number of hydrogen-bond acceptors (Lipinski definition) is 1. The lowest BCUT2D eigenvalue weighted by molar-refractivity contribution is -0.137. The predicted molar refractivity (Wildman–Crippen MR) is 88.0 cm³/mol. The van der Waals surface area contributed by atoms with E-state index in [1.54, 1.807) is 0 Å². The van der Waals surface area contributed by atoms with E-state index in [0.29, 0.717) is 0 Å². The Morgan fingerprint density at radius 1 is 0.870 bits per heavy atom. The van der Waals surface area contributed by atoms with Crippen molar-refractivity contribution >= 4 is 0 Å². The molecule has 2 rings (SSSR count). The highest BCUT2D eigenvalue weighted by Gasteiger charge is 2.29. The standard InChI is InChI=1S/C19H22F3N/c1-2-3-4-5-18(23)16-8-6-14(7-9-16)15-10-12-17(13-11-15)19(20,21)22/h6-13,18H,2-5,23H2,1H3/t18-/m1/s1. The van der Waals surface area contributed by atoms with E-state index in [4.69, 9.17) is 5.73 Å². The summed E-state index contributed by atoms with van der Waals surface area (Å²) in [5.74, 6) is 0. The molecule has 0 saturated heterocycles. The number of nitrogens with two attached hydrogens (primary N) is 1. The second-order valence-electron chi connectivity index (χ2n) is 5.80. The summed E-state index contributed by atoms with van der Waals surface area (Å²) in [6.07, 6.45) is 0.107. The molecule has 0 spiro atoms. The van der Waals surface area contributed by atoms with Crippen LogP contribution < -0.4 is 5.73 Å². The van der Waals surface area contributed by atoms with Gasteiger partial charge in [0.25, 0.3) is 0 Å². The van der Waals surface area contributed by atoms with Gasteiger partial charge in [0.1, 0.15) is 0 Å². The molecule has 0 bridgehead atoms. The van der Waals surface area contributed by atoms with Crippen molar-refractivity contribution in [2.24, 2.45) is 5.73 Å². The van der Waals surface area contributed by atoms with Crippen molar-refractivity contribution in [2.45, 2.75) is 44.8 Å². The van der Waals surface area contributed by atoms with Gasteiger partial charge in [-0.15, -0.1) is 0 Å². The molecule has 0 fully saturated rings. The van der Waals surface area contributed by atoms with Crippen LogP contribution in [0.1, 0.15) is 49.8 Å². The quantitative estimate of drug-likeness (QED) is 0.653. The van der Waals surface area contributed by atoms with Gasteiger partial charge in [-0.25, -0.2) is 0 Å². The highest BCUT2D eigenvalue weighted by molar-refractivity contribution is 5.64. The minimum atomic E-state index is -4.30. The van der Waals surface area contributed by atoms with E-state index in [9.17, 15) is 13.2 Å². The Bertz CT molecular complexity index is 600. The van der Waals surface area contributed by atoms with Crippen molar-refractivity contribution in [1.29, 1.82) is 0 Å². The average molecular weight is 321 g/mol. The van der Waals surface area contributed by atoms with E-state index >= 15 is 0 Å². The topological polar surface area (TPSA) is 26.0 Å². The van der Waals surface area contributed by atoms with Gasteiger partial charge in [0.05, 0.1) is 5.56 Å². The fourth-order valence-corrected chi connectivity index (χ4v) is 2.56. The lowest BCUT2D eigenvalue weighted by atomic mass is 9.97. The van der Waals surface area contributed by atoms with E-state index in [2.05, 4.69) is 6.92 Å². The van der Waals surface area contributed by atoms with Crippen LogP contribution in [0, 0.1) is 0 Å². The van der Waals surface area contributed by atoms with E-state index < -0.39 is 11.7 Å². The summed E-state index contributed by atoms with van der Waals surface area (Å²) in [6, 6.07) is 13.0. The molecule has 0 radical (unpaired) electrons. The maximum absolute atomic E-state index is 12.6. The Hall–Kier alpha value is -1.81. The van der Waals surface area contributed by atoms with Gasteiger partial charge in [-0.05, 0) is 35.2 Å². The van der Waals surface area contributed by atoms with Crippen LogP contribution in [0.15, 0.2) is 48.5 Å². The summed E-state index contributed by atoms with van der Waals surface area (Å²) in [5, 5.41) is 0. The van der Waals surface area contributed by atoms with Crippen molar-refractivity contribution in [2.75, 3.05) is 0 Å². The summed E-state index contributed by atoms with van der Waals surface area (Å²) < 4.78 is 37.7. The number of hydrogen-bond donors (Lipinski definition) is 1. The van der Waals surface area contributed by atoms with Crippen LogP contribution in [0.5, 0.6) is 0 Å². The molecule has 0 aliphatic rings. The first kappa shape index (κ1) is 17.5. The fourth-order valence-electron chi connectivity index (χ4n) is 2.56. The molecule has 0 unspecified atom stereocenters. The Balaban J connectivity index is 2.07. The van der Waals surface area contributed by atoms with Crippen molar-refractivity contribution in [1.82, 2.24) is 0 Å². The summed E-state index contributed by atoms with van der Waals surface area (Å²) in [4.78, 5) is 0. The molecular weight excluding hydrogens is 299 g/mol. The number of halogens is 3. The van der Waals surface area contributed by atoms with Crippen molar-refractivity contribution in [3.63, 3.8) is 0 Å². The average Bonchev–Trinajstić information content (AvgIpc) is 2.54. The molecular formula is C19H22F3N. The highest BCUT2D eigenvalue weighted by atomic mass is 19.4. The molecule has 0 aliphatic carbocycles. The Labute approximate surface area is 135 Å². The Kier molecular flexibility index (Phi) is 5.83. The van der Waals surface area contributed by atoms with Crippen LogP contribution in [0.4, 0.5) is 13.2 Å². The lowest BCUT2D eigenvalue weighted by Crippen LogP contribution is -2.09. The van der Waals surface area contributed by atoms with Crippen LogP contribution in [0.2, 0.25) is 0 Å². The molecule has 23 heavy (non-hydrogen) atoms. The van der Waals surface area contributed by atoms with Crippen molar-refractivity contribution in [3.05, 3.63) is 59.7 Å². The first-order chi connectivity index (χ1) is 10.9. The molecule has 0 saturated carbocycles. The van der Waals surface area contributed by atoms with Gasteiger partial charge in [0.2, 0.25) is 0 Å². The number of unbranched alkanes of at least 4 members (excludes halogenated alkanes) is 2. The van der Waals surface area contributed by atoms with Gasteiger partial charge in [-0.3, -0.25) is 0 Å². The maximum Gasteiger partial charge on any atom is 0.416 e. The number of rotatable bonds is 6. The SMILES string of the molecule is CCCCC[C@@H](N)c1ccc(-c2ccc(C(F)(F)F)cc2)cc1. The Morgan fingerprint density at radius 2 is 1.39 bits per heavy atom. The third-order valence-corrected chi connectivity index (χ3v) is 4.00. The zero-order valence-corrected chi connectivity index (χ0v) is 13.2. The van der Waals surface area contributed by atoms with E-state index in [1.165, 1.54) is 25.0 Å². The van der Waals surface area contributed by atoms with Crippen molar-refractivity contribution in [3.8, 4) is 11.1 Å². The zero-order chi connectivity index (χ0) is 16.9. The van der Waals surface area contributed by atoms with Gasteiger partial charge in [0, 0.05) is 6.04 Å². The Morgan fingerprint density at radius 3 is 1.87 bits per heavy atom. The fraction of sp³-hybridized carbons (Fsp3) is 0.368. The summed E-state index contributed by atoms with van der Waals surface area (Å²) in [6.45, 7) is 2.16. The van der Waals surface area contributed by atoms with Gasteiger partial charge in [-0.2, -0.15) is 13.2 Å². The largest absolute Gasteiger partial charge is 0.416 e. The molecule has 0 amide bonds. The molecule has 4 heteroatoms. The van der Waals surface area contributed by atoms with E-state index in [-0.39, 0.29) is 6.04 Å². The first-order valence-corrected chi connectivity index (χ1v) is 7.95. The second kappa shape index (κ2) is 7.64. The van der Waals surface area contributed by atoms with E-state index in [1.807, 2.05) is 24.3 Å². The summed E-state index contributed by atoms with van der Waals surface area (Å²) in [7, 11) is 0. The van der Waals surface area contributed by atoms with Crippen LogP contribution >= 0.6 is 0 Å². The van der Waals surface area contributed by atoms with Gasteiger partial charge in [0.15, 0.2) is 0 Å². The maximum atomic E-state index is 12.6. The minimum absolute atomic E-state index is 0.0169.